The van der Waals surface area contributed by atoms with Crippen molar-refractivity contribution < 1.29 is 5.11 Å². The summed E-state index contributed by atoms with van der Waals surface area (Å²) in [6.07, 6.45) is 1.93. The molecular formula is C58H55N3O. The molecule has 3 heterocycles. The molecule has 0 spiro atoms. The molecule has 0 bridgehead atoms. The largest absolute Gasteiger partial charge is 0.507 e. The van der Waals surface area contributed by atoms with Crippen LogP contribution in [-0.2, 0) is 16.2 Å². The molecule has 0 fully saturated rings. The van der Waals surface area contributed by atoms with Gasteiger partial charge in [-0.25, -0.2) is 4.98 Å². The van der Waals surface area contributed by atoms with Crippen LogP contribution in [0.5, 0.6) is 5.75 Å². The van der Waals surface area contributed by atoms with Crippen LogP contribution in [0.4, 0.5) is 0 Å². The van der Waals surface area contributed by atoms with Crippen LogP contribution >= 0.6 is 0 Å². The number of phenolic OH excluding ortho intramolecular Hbond substituents is 1. The van der Waals surface area contributed by atoms with Crippen LogP contribution in [0.2, 0.25) is 0 Å². The second-order valence-electron chi connectivity index (χ2n) is 19.8. The molecule has 62 heavy (non-hydrogen) atoms. The first-order chi connectivity index (χ1) is 29.5. The third-order valence-electron chi connectivity index (χ3n) is 12.2. The van der Waals surface area contributed by atoms with Gasteiger partial charge in [0.05, 0.1) is 28.1 Å². The maximum absolute atomic E-state index is 11.2. The van der Waals surface area contributed by atoms with Crippen LogP contribution in [0.1, 0.15) is 79.0 Å². The predicted octanol–water partition coefficient (Wildman–Crippen LogP) is 15.5. The van der Waals surface area contributed by atoms with Crippen LogP contribution in [0, 0.1) is 0 Å². The van der Waals surface area contributed by atoms with Crippen molar-refractivity contribution in [1.82, 2.24) is 14.5 Å². The van der Waals surface area contributed by atoms with Crippen LogP contribution in [0.3, 0.4) is 0 Å². The second-order valence-corrected chi connectivity index (χ2v) is 19.8. The van der Waals surface area contributed by atoms with E-state index < -0.39 is 0 Å². The third kappa shape index (κ3) is 7.60. The maximum atomic E-state index is 11.2. The van der Waals surface area contributed by atoms with Gasteiger partial charge in [0.2, 0.25) is 0 Å². The molecule has 4 heteroatoms. The fraction of sp³-hybridized carbons (Fsp3) is 0.207. The number of phenols is 1. The van der Waals surface area contributed by atoms with Gasteiger partial charge in [-0.1, -0.05) is 159 Å². The van der Waals surface area contributed by atoms with Gasteiger partial charge >= 0.3 is 0 Å². The molecule has 4 nitrogen and oxygen atoms in total. The van der Waals surface area contributed by atoms with E-state index in [-0.39, 0.29) is 22.0 Å². The van der Waals surface area contributed by atoms with E-state index in [1.165, 1.54) is 38.5 Å². The van der Waals surface area contributed by atoms with Gasteiger partial charge in [-0.3, -0.25) is 4.98 Å². The van der Waals surface area contributed by atoms with Gasteiger partial charge in [0.1, 0.15) is 5.75 Å². The molecule has 0 saturated carbocycles. The Labute approximate surface area is 366 Å². The lowest BCUT2D eigenvalue weighted by molar-refractivity contribution is 0.477. The fourth-order valence-corrected chi connectivity index (χ4v) is 8.75. The summed E-state index contributed by atoms with van der Waals surface area (Å²) >= 11 is 0. The lowest BCUT2D eigenvalue weighted by Gasteiger charge is -2.27. The number of fused-ring (bicyclic) bond motifs is 3. The number of aromatic hydroxyl groups is 1. The first-order valence-electron chi connectivity index (χ1n) is 21.7. The third-order valence-corrected chi connectivity index (χ3v) is 12.2. The van der Waals surface area contributed by atoms with Crippen molar-refractivity contribution in [2.24, 2.45) is 0 Å². The zero-order valence-corrected chi connectivity index (χ0v) is 37.4. The molecule has 0 atom stereocenters. The molecule has 0 aliphatic rings. The predicted molar refractivity (Wildman–Crippen MR) is 261 cm³/mol. The van der Waals surface area contributed by atoms with E-state index in [2.05, 4.69) is 200 Å². The van der Waals surface area contributed by atoms with E-state index in [4.69, 9.17) is 9.97 Å². The van der Waals surface area contributed by atoms with Gasteiger partial charge < -0.3 is 9.67 Å². The molecule has 0 aliphatic carbocycles. The normalized spacial score (nSPS) is 12.3. The first-order valence-corrected chi connectivity index (χ1v) is 21.7. The van der Waals surface area contributed by atoms with Crippen LogP contribution in [-0.4, -0.2) is 19.6 Å². The monoisotopic (exact) mass is 809 g/mol. The summed E-state index contributed by atoms with van der Waals surface area (Å²) in [6.45, 7) is 20.4. The summed E-state index contributed by atoms with van der Waals surface area (Å²) in [7, 11) is 0. The molecule has 9 rings (SSSR count). The molecule has 9 aromatic rings. The number of hydrogen-bond donors (Lipinski definition) is 1. The standard InChI is InChI=1S/C58H55N3O/c1-56(2,3)41-30-39(31-42(36-41)57(4,5)6)40-34-51(47-21-14-16-25-54(47)62)60-52(35-40)48-32-38(26-27-49(48)58(7,8)9)50-33-37(28-29-59-50)44-22-17-23-46-45-20-13-15-24-53(45)61(55(44)46)43-18-11-10-12-19-43/h10-36,62H,1-9H3. The van der Waals surface area contributed by atoms with Gasteiger partial charge in [-0.15, -0.1) is 0 Å². The summed E-state index contributed by atoms with van der Waals surface area (Å²) in [5, 5.41) is 13.7. The van der Waals surface area contributed by atoms with Gasteiger partial charge in [-0.05, 0) is 110 Å². The second kappa shape index (κ2) is 15.3. The summed E-state index contributed by atoms with van der Waals surface area (Å²) < 4.78 is 2.39. The first kappa shape index (κ1) is 40.6. The summed E-state index contributed by atoms with van der Waals surface area (Å²) in [5.41, 5.74) is 16.5. The van der Waals surface area contributed by atoms with Gasteiger partial charge in [0.15, 0.2) is 0 Å². The summed E-state index contributed by atoms with van der Waals surface area (Å²) in [5.74, 6) is 0.203. The van der Waals surface area contributed by atoms with Crippen molar-refractivity contribution >= 4 is 21.8 Å². The van der Waals surface area contributed by atoms with Crippen molar-refractivity contribution in [2.45, 2.75) is 78.6 Å². The Morgan fingerprint density at radius 1 is 0.435 bits per heavy atom. The minimum atomic E-state index is -0.193. The molecule has 0 unspecified atom stereocenters. The Morgan fingerprint density at radius 3 is 1.73 bits per heavy atom. The highest BCUT2D eigenvalue weighted by Crippen LogP contribution is 2.43. The van der Waals surface area contributed by atoms with Crippen molar-refractivity contribution in [2.75, 3.05) is 0 Å². The highest BCUT2D eigenvalue weighted by atomic mass is 16.3. The minimum Gasteiger partial charge on any atom is -0.507 e. The van der Waals surface area contributed by atoms with E-state index in [1.54, 1.807) is 6.07 Å². The fourth-order valence-electron chi connectivity index (χ4n) is 8.75. The molecule has 0 saturated heterocycles. The average molecular weight is 810 g/mol. The molecule has 1 N–H and O–H groups in total. The van der Waals surface area contributed by atoms with Crippen LogP contribution < -0.4 is 0 Å². The minimum absolute atomic E-state index is 0.0503. The zero-order valence-electron chi connectivity index (χ0n) is 37.4. The van der Waals surface area contributed by atoms with E-state index in [0.717, 1.165) is 56.1 Å². The SMILES string of the molecule is CC(C)(C)c1cc(-c2cc(-c3ccccc3O)nc(-c3cc(-c4cc(-c5cccc6c7ccccc7n(-c7ccccc7)c56)ccn4)ccc3C(C)(C)C)c2)cc(C(C)(C)C)c1. The van der Waals surface area contributed by atoms with Crippen molar-refractivity contribution in [3.05, 3.63) is 181 Å². The Hall–Kier alpha value is -6.78. The molecular weight excluding hydrogens is 755 g/mol. The number of benzene rings is 6. The van der Waals surface area contributed by atoms with E-state index in [9.17, 15) is 5.11 Å². The number of pyridine rings is 2. The van der Waals surface area contributed by atoms with Gasteiger partial charge in [0.25, 0.3) is 0 Å². The average Bonchev–Trinajstić information content (AvgIpc) is 3.60. The smallest absolute Gasteiger partial charge is 0.124 e. The zero-order chi connectivity index (χ0) is 43.6. The Balaban J connectivity index is 1.25. The van der Waals surface area contributed by atoms with Crippen molar-refractivity contribution in [3.63, 3.8) is 0 Å². The number of rotatable bonds is 6. The molecule has 0 radical (unpaired) electrons. The van der Waals surface area contributed by atoms with E-state index >= 15 is 0 Å². The quantitative estimate of drug-likeness (QED) is 0.182. The maximum Gasteiger partial charge on any atom is 0.124 e. The topological polar surface area (TPSA) is 50.9 Å². The van der Waals surface area contributed by atoms with Gasteiger partial charge in [-0.2, -0.15) is 0 Å². The van der Waals surface area contributed by atoms with Crippen molar-refractivity contribution in [1.29, 1.82) is 0 Å². The summed E-state index contributed by atoms with van der Waals surface area (Å²) in [6, 6.07) is 55.9. The Morgan fingerprint density at radius 2 is 1.03 bits per heavy atom. The lowest BCUT2D eigenvalue weighted by Crippen LogP contribution is -2.16. The van der Waals surface area contributed by atoms with Crippen molar-refractivity contribution in [3.8, 4) is 67.5 Å². The highest BCUT2D eigenvalue weighted by Gasteiger charge is 2.25. The number of hydrogen-bond acceptors (Lipinski definition) is 3. The van der Waals surface area contributed by atoms with E-state index in [0.29, 0.717) is 5.56 Å². The lowest BCUT2D eigenvalue weighted by atomic mass is 9.78. The molecule has 0 amide bonds. The number of para-hydroxylation sites is 4. The number of aromatic nitrogens is 3. The van der Waals surface area contributed by atoms with Gasteiger partial charge in [0, 0.05) is 44.9 Å². The Kier molecular flexibility index (Phi) is 10.0. The molecule has 6 aromatic carbocycles. The molecule has 308 valence electrons. The highest BCUT2D eigenvalue weighted by molar-refractivity contribution is 6.13. The van der Waals surface area contributed by atoms with Crippen LogP contribution in [0.25, 0.3) is 83.5 Å². The van der Waals surface area contributed by atoms with E-state index in [1.807, 2.05) is 24.4 Å². The van der Waals surface area contributed by atoms with Crippen LogP contribution in [0.15, 0.2) is 164 Å². The Bertz CT molecular complexity index is 3100. The summed E-state index contributed by atoms with van der Waals surface area (Å²) in [4.78, 5) is 10.4. The number of nitrogens with zero attached hydrogens (tertiary/aromatic N) is 3. The molecule has 3 aromatic heterocycles. The molecule has 0 aliphatic heterocycles.